The summed E-state index contributed by atoms with van der Waals surface area (Å²) in [6.07, 6.45) is 4.97. The van der Waals surface area contributed by atoms with Crippen LogP contribution in [-0.4, -0.2) is 20.2 Å². The van der Waals surface area contributed by atoms with Crippen molar-refractivity contribution in [3.63, 3.8) is 0 Å². The summed E-state index contributed by atoms with van der Waals surface area (Å²) in [6.45, 7) is 5.68. The predicted octanol–water partition coefficient (Wildman–Crippen LogP) is 3.76. The van der Waals surface area contributed by atoms with E-state index in [4.69, 9.17) is 4.74 Å². The molecule has 0 unspecified atom stereocenters. The normalized spacial score (nSPS) is 13.3. The second-order valence-corrected chi connectivity index (χ2v) is 7.39. The van der Waals surface area contributed by atoms with Crippen LogP contribution in [-0.2, 0) is 11.0 Å². The monoisotopic (exact) mass is 302 g/mol. The minimum atomic E-state index is -1.24. The Morgan fingerprint density at radius 2 is 1.86 bits per heavy atom. The zero-order valence-electron chi connectivity index (χ0n) is 12.3. The van der Waals surface area contributed by atoms with Gasteiger partial charge in [0, 0.05) is 12.4 Å². The van der Waals surface area contributed by atoms with Gasteiger partial charge in [-0.1, -0.05) is 0 Å². The quantitative estimate of drug-likeness (QED) is 0.808. The van der Waals surface area contributed by atoms with Crippen molar-refractivity contribution in [1.29, 1.82) is 0 Å². The summed E-state index contributed by atoms with van der Waals surface area (Å²) in [7, 11) is -1.24. The van der Waals surface area contributed by atoms with Crippen LogP contribution in [0.2, 0.25) is 0 Å². The third-order valence-corrected chi connectivity index (χ3v) is 3.92. The molecule has 2 aromatic rings. The van der Waals surface area contributed by atoms with Crippen LogP contribution >= 0.6 is 0 Å². The Hall–Kier alpha value is -2.01. The van der Waals surface area contributed by atoms with Crippen LogP contribution in [0, 0.1) is 0 Å². The lowest BCUT2D eigenvalue weighted by molar-refractivity contribution is 0.480. The van der Waals surface area contributed by atoms with Gasteiger partial charge in [0.2, 0.25) is 0 Å². The van der Waals surface area contributed by atoms with Gasteiger partial charge in [0.05, 0.1) is 10.9 Å². The van der Waals surface area contributed by atoms with Gasteiger partial charge in [0.15, 0.2) is 0 Å². The van der Waals surface area contributed by atoms with Crippen molar-refractivity contribution in [2.24, 2.45) is 4.40 Å². The number of ether oxygens (including phenoxy) is 1. The second-order valence-electron chi connectivity index (χ2n) is 5.46. The Balaban J connectivity index is 2.03. The van der Waals surface area contributed by atoms with E-state index in [0.717, 1.165) is 11.3 Å². The molecule has 0 fully saturated rings. The summed E-state index contributed by atoms with van der Waals surface area (Å²) in [5.41, 5.74) is 0.881. The lowest BCUT2D eigenvalue weighted by Gasteiger charge is -2.12. The van der Waals surface area contributed by atoms with E-state index in [9.17, 15) is 4.21 Å². The van der Waals surface area contributed by atoms with E-state index < -0.39 is 11.0 Å². The highest BCUT2D eigenvalue weighted by Crippen LogP contribution is 2.20. The second kappa shape index (κ2) is 6.63. The number of rotatable bonds is 4. The van der Waals surface area contributed by atoms with Crippen LogP contribution < -0.4 is 4.74 Å². The van der Waals surface area contributed by atoms with Gasteiger partial charge in [-0.3, -0.25) is 4.98 Å². The molecule has 5 heteroatoms. The summed E-state index contributed by atoms with van der Waals surface area (Å²) in [6, 6.07) is 11.1. The van der Waals surface area contributed by atoms with Crippen molar-refractivity contribution in [2.45, 2.75) is 25.5 Å². The van der Waals surface area contributed by atoms with Crippen molar-refractivity contribution < 1.29 is 8.95 Å². The molecule has 0 amide bonds. The van der Waals surface area contributed by atoms with Gasteiger partial charge in [0.1, 0.15) is 22.5 Å². The van der Waals surface area contributed by atoms with Crippen LogP contribution in [0.5, 0.6) is 11.5 Å². The Morgan fingerprint density at radius 3 is 2.43 bits per heavy atom. The van der Waals surface area contributed by atoms with E-state index in [0.29, 0.717) is 5.75 Å². The summed E-state index contributed by atoms with van der Waals surface area (Å²) < 4.78 is 21.2. The van der Waals surface area contributed by atoms with Gasteiger partial charge in [-0.05, 0) is 62.7 Å². The highest BCUT2D eigenvalue weighted by molar-refractivity contribution is 7.85. The standard InChI is InChI=1S/C16H18N2O2S/c1-16(2,3)21(19)18-11-13-6-8-14(9-7-13)20-15-5-4-10-17-12-15/h4-12H,1-3H3/b18-11+/t21-/m0/s1. The minimum Gasteiger partial charge on any atom is -0.456 e. The molecule has 2 rings (SSSR count). The Morgan fingerprint density at radius 1 is 1.14 bits per heavy atom. The molecule has 1 aromatic heterocycles. The maximum Gasteiger partial charge on any atom is 0.145 e. The molecule has 1 aromatic carbocycles. The molecule has 0 saturated heterocycles. The summed E-state index contributed by atoms with van der Waals surface area (Å²) in [5, 5.41) is 0. The van der Waals surface area contributed by atoms with Crippen LogP contribution in [0.3, 0.4) is 0 Å². The molecular formula is C16H18N2O2S. The van der Waals surface area contributed by atoms with Gasteiger partial charge in [-0.25, -0.2) is 4.21 Å². The molecular weight excluding hydrogens is 284 g/mol. The fraction of sp³-hybridized carbons (Fsp3) is 0.250. The molecule has 110 valence electrons. The fourth-order valence-electron chi connectivity index (χ4n) is 1.43. The highest BCUT2D eigenvalue weighted by Gasteiger charge is 2.17. The van der Waals surface area contributed by atoms with E-state index in [-0.39, 0.29) is 4.75 Å². The van der Waals surface area contributed by atoms with Crippen LogP contribution in [0.1, 0.15) is 26.3 Å². The molecule has 0 saturated carbocycles. The number of benzene rings is 1. The zero-order valence-corrected chi connectivity index (χ0v) is 13.1. The topological polar surface area (TPSA) is 51.5 Å². The average Bonchev–Trinajstić information content (AvgIpc) is 2.46. The number of pyridine rings is 1. The van der Waals surface area contributed by atoms with Crippen molar-refractivity contribution >= 4 is 17.2 Å². The highest BCUT2D eigenvalue weighted by atomic mass is 32.2. The first-order valence-electron chi connectivity index (χ1n) is 6.59. The molecule has 0 N–H and O–H groups in total. The Bertz CT molecular complexity index is 632. The first-order valence-corrected chi connectivity index (χ1v) is 7.70. The molecule has 1 atom stereocenters. The zero-order chi connectivity index (χ0) is 15.3. The number of hydrogen-bond acceptors (Lipinski definition) is 3. The summed E-state index contributed by atoms with van der Waals surface area (Å²) in [5.74, 6) is 1.41. The molecule has 0 aliphatic heterocycles. The molecule has 0 bridgehead atoms. The summed E-state index contributed by atoms with van der Waals surface area (Å²) >= 11 is 0. The Kier molecular flexibility index (Phi) is 4.85. The smallest absolute Gasteiger partial charge is 0.145 e. The third-order valence-electron chi connectivity index (χ3n) is 2.57. The van der Waals surface area contributed by atoms with E-state index in [2.05, 4.69) is 9.38 Å². The summed E-state index contributed by atoms with van der Waals surface area (Å²) in [4.78, 5) is 3.99. The van der Waals surface area contributed by atoms with Crippen LogP contribution in [0.25, 0.3) is 0 Å². The van der Waals surface area contributed by atoms with Crippen LogP contribution in [0.15, 0.2) is 53.2 Å². The first kappa shape index (κ1) is 15.4. The van der Waals surface area contributed by atoms with Crippen molar-refractivity contribution in [3.8, 4) is 11.5 Å². The molecule has 4 nitrogen and oxygen atoms in total. The van der Waals surface area contributed by atoms with Crippen LogP contribution in [0.4, 0.5) is 0 Å². The lowest BCUT2D eigenvalue weighted by Crippen LogP contribution is -2.19. The van der Waals surface area contributed by atoms with E-state index in [1.54, 1.807) is 18.6 Å². The van der Waals surface area contributed by atoms with Gasteiger partial charge >= 0.3 is 0 Å². The van der Waals surface area contributed by atoms with Gasteiger partial charge in [-0.2, -0.15) is 4.40 Å². The molecule has 0 spiro atoms. The van der Waals surface area contributed by atoms with E-state index in [1.165, 1.54) is 0 Å². The molecule has 1 heterocycles. The van der Waals surface area contributed by atoms with Gasteiger partial charge in [0.25, 0.3) is 0 Å². The average molecular weight is 302 g/mol. The predicted molar refractivity (Wildman–Crippen MR) is 86.2 cm³/mol. The van der Waals surface area contributed by atoms with E-state index >= 15 is 0 Å². The maximum absolute atomic E-state index is 11.8. The number of aromatic nitrogens is 1. The SMILES string of the molecule is CC(C)(C)[S@](=O)/N=C/c1ccc(Oc2cccnc2)cc1. The Labute approximate surface area is 127 Å². The van der Waals surface area contributed by atoms with Crippen molar-refractivity contribution in [3.05, 3.63) is 54.4 Å². The van der Waals surface area contributed by atoms with Gasteiger partial charge < -0.3 is 4.74 Å². The maximum atomic E-state index is 11.8. The number of hydrogen-bond donors (Lipinski definition) is 0. The van der Waals surface area contributed by atoms with Crippen molar-refractivity contribution in [1.82, 2.24) is 4.98 Å². The lowest BCUT2D eigenvalue weighted by atomic mass is 10.2. The van der Waals surface area contributed by atoms with Gasteiger partial charge in [-0.15, -0.1) is 0 Å². The molecule has 0 aliphatic rings. The number of nitrogens with zero attached hydrogens (tertiary/aromatic N) is 2. The molecule has 0 aliphatic carbocycles. The molecule has 0 radical (unpaired) electrons. The first-order chi connectivity index (χ1) is 9.95. The minimum absolute atomic E-state index is 0.347. The fourth-order valence-corrected chi connectivity index (χ4v) is 1.97. The van der Waals surface area contributed by atoms with E-state index in [1.807, 2.05) is 57.2 Å². The third kappa shape index (κ3) is 4.79. The molecule has 21 heavy (non-hydrogen) atoms. The largest absolute Gasteiger partial charge is 0.456 e. The van der Waals surface area contributed by atoms with Crippen molar-refractivity contribution in [2.75, 3.05) is 0 Å².